The van der Waals surface area contributed by atoms with Crippen LogP contribution in [0.2, 0.25) is 0 Å². The molecule has 2 heterocycles. The van der Waals surface area contributed by atoms with Crippen LogP contribution < -0.4 is 0 Å². The van der Waals surface area contributed by atoms with Crippen LogP contribution in [-0.4, -0.2) is 36.9 Å². The molecule has 0 radical (unpaired) electrons. The van der Waals surface area contributed by atoms with E-state index in [2.05, 4.69) is 24.3 Å². The topological polar surface area (TPSA) is 59.4 Å². The van der Waals surface area contributed by atoms with E-state index in [1.54, 1.807) is 16.7 Å². The van der Waals surface area contributed by atoms with E-state index in [1.807, 2.05) is 23.1 Å². The summed E-state index contributed by atoms with van der Waals surface area (Å²) in [7, 11) is -3.87. The van der Waals surface area contributed by atoms with E-state index in [9.17, 15) is 17.6 Å². The predicted molar refractivity (Wildman–Crippen MR) is 133 cm³/mol. The molecule has 0 saturated carbocycles. The summed E-state index contributed by atoms with van der Waals surface area (Å²) in [4.78, 5) is 15.2. The average molecular weight is 491 g/mol. The van der Waals surface area contributed by atoms with Crippen LogP contribution in [0, 0.1) is 11.7 Å². The van der Waals surface area contributed by atoms with Crippen LogP contribution in [0.4, 0.5) is 4.39 Å². The normalized spacial score (nSPS) is 14.9. The van der Waals surface area contributed by atoms with E-state index in [0.717, 1.165) is 31.4 Å². The molecular weight excluding hydrogens is 463 g/mol. The molecule has 1 fully saturated rings. The first kappa shape index (κ1) is 23.3. The molecule has 0 unspecified atom stereocenters. The van der Waals surface area contributed by atoms with Gasteiger partial charge in [-0.2, -0.15) is 0 Å². The zero-order valence-electron chi connectivity index (χ0n) is 19.3. The second kappa shape index (κ2) is 9.66. The van der Waals surface area contributed by atoms with Gasteiger partial charge in [0.25, 0.3) is 0 Å². The number of amides is 1. The summed E-state index contributed by atoms with van der Waals surface area (Å²) in [6.45, 7) is 1.48. The number of sulfone groups is 1. The number of rotatable bonds is 6. The molecule has 1 amide bonds. The van der Waals surface area contributed by atoms with Crippen molar-refractivity contribution in [2.45, 2.75) is 35.6 Å². The van der Waals surface area contributed by atoms with E-state index < -0.39 is 15.7 Å². The van der Waals surface area contributed by atoms with Gasteiger partial charge in [-0.15, -0.1) is 0 Å². The minimum absolute atomic E-state index is 0.0188. The molecule has 0 spiro atoms. The van der Waals surface area contributed by atoms with Gasteiger partial charge < -0.3 is 9.47 Å². The van der Waals surface area contributed by atoms with Crippen molar-refractivity contribution in [2.24, 2.45) is 5.92 Å². The molecule has 4 aromatic rings. The molecule has 35 heavy (non-hydrogen) atoms. The smallest absolute Gasteiger partial charge is 0.242 e. The zero-order valence-corrected chi connectivity index (χ0v) is 20.1. The average Bonchev–Trinajstić information content (AvgIpc) is 3.24. The van der Waals surface area contributed by atoms with Gasteiger partial charge in [-0.1, -0.05) is 48.5 Å². The summed E-state index contributed by atoms with van der Waals surface area (Å²) < 4.78 is 41.7. The number of para-hydroxylation sites is 1. The Bertz CT molecular complexity index is 1440. The molecule has 0 atom stereocenters. The summed E-state index contributed by atoms with van der Waals surface area (Å²) >= 11 is 0. The lowest BCUT2D eigenvalue weighted by molar-refractivity contribution is -0.133. The largest absolute Gasteiger partial charge is 0.341 e. The number of halogens is 1. The second-order valence-corrected chi connectivity index (χ2v) is 11.0. The number of benzene rings is 3. The van der Waals surface area contributed by atoms with Crippen molar-refractivity contribution in [1.82, 2.24) is 9.47 Å². The van der Waals surface area contributed by atoms with E-state index in [-0.39, 0.29) is 22.2 Å². The third-order valence-electron chi connectivity index (χ3n) is 6.81. The number of piperidine rings is 1. The van der Waals surface area contributed by atoms with Crippen molar-refractivity contribution < 1.29 is 17.6 Å². The molecule has 180 valence electrons. The maximum atomic E-state index is 13.3. The van der Waals surface area contributed by atoms with Crippen molar-refractivity contribution >= 4 is 26.6 Å². The van der Waals surface area contributed by atoms with Crippen molar-refractivity contribution in [3.8, 4) is 0 Å². The molecule has 0 aliphatic carbocycles. The molecule has 5 rings (SSSR count). The second-order valence-electron chi connectivity index (χ2n) is 9.11. The van der Waals surface area contributed by atoms with Crippen LogP contribution in [0.5, 0.6) is 0 Å². The Balaban J connectivity index is 1.33. The lowest BCUT2D eigenvalue weighted by Gasteiger charge is -2.32. The highest BCUT2D eigenvalue weighted by Gasteiger charge is 2.26. The third-order valence-corrected chi connectivity index (χ3v) is 8.60. The quantitative estimate of drug-likeness (QED) is 0.354. The number of nitrogens with zero attached hydrogens (tertiary/aromatic N) is 2. The standard InChI is InChI=1S/C28H27FN2O3S/c29-23-10-12-24(13-11-23)35(33,34)27-19-31(26-9-5-4-8-25(26)27)20-28(32)30-16-14-22(15-17-30)18-21-6-2-1-3-7-21/h1-13,19,22H,14-18,20H2. The van der Waals surface area contributed by atoms with Crippen molar-refractivity contribution in [2.75, 3.05) is 13.1 Å². The fraction of sp³-hybridized carbons (Fsp3) is 0.250. The zero-order chi connectivity index (χ0) is 24.4. The minimum Gasteiger partial charge on any atom is -0.341 e. The molecule has 0 N–H and O–H groups in total. The fourth-order valence-corrected chi connectivity index (χ4v) is 6.35. The predicted octanol–water partition coefficient (Wildman–Crippen LogP) is 5.09. The number of hydrogen-bond acceptors (Lipinski definition) is 3. The molecule has 1 aromatic heterocycles. The van der Waals surface area contributed by atoms with Gasteiger partial charge in [0.1, 0.15) is 12.4 Å². The number of carbonyl (C=O) groups excluding carboxylic acids is 1. The maximum absolute atomic E-state index is 13.3. The summed E-state index contributed by atoms with van der Waals surface area (Å²) in [5.74, 6) is 0.0421. The maximum Gasteiger partial charge on any atom is 0.242 e. The highest BCUT2D eigenvalue weighted by atomic mass is 32.2. The molecule has 7 heteroatoms. The van der Waals surface area contributed by atoms with Crippen LogP contribution in [-0.2, 0) is 27.6 Å². The third kappa shape index (κ3) is 4.86. The van der Waals surface area contributed by atoms with Gasteiger partial charge in [0, 0.05) is 30.2 Å². The molecule has 1 aliphatic rings. The van der Waals surface area contributed by atoms with Gasteiger partial charge in [-0.05, 0) is 61.1 Å². The summed E-state index contributed by atoms with van der Waals surface area (Å²) in [6.07, 6.45) is 4.47. The Hall–Kier alpha value is -3.45. The fourth-order valence-electron chi connectivity index (χ4n) is 4.88. The van der Waals surface area contributed by atoms with Crippen molar-refractivity contribution in [3.05, 3.63) is 96.4 Å². The van der Waals surface area contributed by atoms with Gasteiger partial charge in [0.15, 0.2) is 0 Å². The van der Waals surface area contributed by atoms with E-state index in [0.29, 0.717) is 29.9 Å². The first-order chi connectivity index (χ1) is 16.9. The van der Waals surface area contributed by atoms with Crippen LogP contribution >= 0.6 is 0 Å². The van der Waals surface area contributed by atoms with E-state index in [1.165, 1.54) is 23.9 Å². The van der Waals surface area contributed by atoms with Crippen LogP contribution in [0.3, 0.4) is 0 Å². The lowest BCUT2D eigenvalue weighted by atomic mass is 9.90. The van der Waals surface area contributed by atoms with Crippen LogP contribution in [0.25, 0.3) is 10.9 Å². The summed E-state index contributed by atoms with van der Waals surface area (Å²) in [5.41, 5.74) is 2.01. The van der Waals surface area contributed by atoms with Gasteiger partial charge >= 0.3 is 0 Å². The van der Waals surface area contributed by atoms with E-state index >= 15 is 0 Å². The Morgan fingerprint density at radius 2 is 1.54 bits per heavy atom. The summed E-state index contributed by atoms with van der Waals surface area (Å²) in [5, 5.41) is 0.547. The van der Waals surface area contributed by atoms with Gasteiger partial charge in [0.05, 0.1) is 9.79 Å². The van der Waals surface area contributed by atoms with Gasteiger partial charge in [0.2, 0.25) is 15.7 Å². The summed E-state index contributed by atoms with van der Waals surface area (Å²) in [6, 6.07) is 22.4. The minimum atomic E-state index is -3.87. The van der Waals surface area contributed by atoms with Gasteiger partial charge in [-0.25, -0.2) is 12.8 Å². The number of aromatic nitrogens is 1. The van der Waals surface area contributed by atoms with Crippen LogP contribution in [0.15, 0.2) is 94.9 Å². The monoisotopic (exact) mass is 490 g/mol. The molecule has 3 aromatic carbocycles. The Morgan fingerprint density at radius 1 is 0.886 bits per heavy atom. The number of fused-ring (bicyclic) bond motifs is 1. The van der Waals surface area contributed by atoms with Crippen LogP contribution in [0.1, 0.15) is 18.4 Å². The Kier molecular flexibility index (Phi) is 6.43. The molecular formula is C28H27FN2O3S. The van der Waals surface area contributed by atoms with Gasteiger partial charge in [-0.3, -0.25) is 4.79 Å². The van der Waals surface area contributed by atoms with Crippen molar-refractivity contribution in [1.29, 1.82) is 0 Å². The number of likely N-dealkylation sites (tertiary alicyclic amines) is 1. The first-order valence-electron chi connectivity index (χ1n) is 11.8. The Labute approximate surface area is 204 Å². The molecule has 5 nitrogen and oxygen atoms in total. The van der Waals surface area contributed by atoms with E-state index in [4.69, 9.17) is 0 Å². The molecule has 0 bridgehead atoms. The lowest BCUT2D eigenvalue weighted by Crippen LogP contribution is -2.40. The first-order valence-corrected chi connectivity index (χ1v) is 13.3. The highest BCUT2D eigenvalue weighted by molar-refractivity contribution is 7.91. The number of carbonyl (C=O) groups is 1. The molecule has 1 aliphatic heterocycles. The SMILES string of the molecule is O=C(Cn1cc(S(=O)(=O)c2ccc(F)cc2)c2ccccc21)N1CCC(Cc2ccccc2)CC1. The van der Waals surface area contributed by atoms with Crippen molar-refractivity contribution in [3.63, 3.8) is 0 Å². The molecule has 1 saturated heterocycles. The Morgan fingerprint density at radius 3 is 2.26 bits per heavy atom. The number of hydrogen-bond donors (Lipinski definition) is 0. The highest BCUT2D eigenvalue weighted by Crippen LogP contribution is 2.31.